The monoisotopic (exact) mass is 272 g/mol. The van der Waals surface area contributed by atoms with Crippen LogP contribution in [0.1, 0.15) is 29.6 Å². The maximum absolute atomic E-state index is 12.3. The van der Waals surface area contributed by atoms with Crippen LogP contribution in [0.2, 0.25) is 0 Å². The summed E-state index contributed by atoms with van der Waals surface area (Å²) in [5.41, 5.74) is 2.31. The molecule has 0 atom stereocenters. The largest absolute Gasteiger partial charge is 0.467 e. The lowest BCUT2D eigenvalue weighted by molar-refractivity contribution is 0.0939. The molecule has 0 spiro atoms. The van der Waals surface area contributed by atoms with Crippen molar-refractivity contribution in [3.05, 3.63) is 48.2 Å². The van der Waals surface area contributed by atoms with Crippen molar-refractivity contribution in [1.29, 1.82) is 0 Å². The first-order valence-electron chi connectivity index (χ1n) is 6.67. The predicted octanol–water partition coefficient (Wildman–Crippen LogP) is 3.17. The number of fused-ring (bicyclic) bond motifs is 1. The number of rotatable bonds is 5. The van der Waals surface area contributed by atoms with Crippen molar-refractivity contribution < 1.29 is 13.6 Å². The molecule has 0 aliphatic rings. The average molecular weight is 272 g/mol. The summed E-state index contributed by atoms with van der Waals surface area (Å²) >= 11 is 0. The molecule has 104 valence electrons. The van der Waals surface area contributed by atoms with Gasteiger partial charge >= 0.3 is 0 Å². The molecular formula is C15H16N2O3. The Morgan fingerprint density at radius 3 is 2.95 bits per heavy atom. The molecule has 0 aliphatic carbocycles. The number of nitrogens with zero attached hydrogens (tertiary/aromatic N) is 1. The topological polar surface area (TPSA) is 60.3 Å². The zero-order valence-corrected chi connectivity index (χ0v) is 11.3. The smallest absolute Gasteiger partial charge is 0.268 e. The maximum atomic E-state index is 12.3. The predicted molar refractivity (Wildman–Crippen MR) is 74.4 cm³/mol. The molecule has 1 N–H and O–H groups in total. The Balaban J connectivity index is 1.82. The van der Waals surface area contributed by atoms with Crippen molar-refractivity contribution in [1.82, 2.24) is 9.88 Å². The van der Waals surface area contributed by atoms with E-state index in [2.05, 4.69) is 12.2 Å². The van der Waals surface area contributed by atoms with Crippen LogP contribution >= 0.6 is 0 Å². The van der Waals surface area contributed by atoms with Gasteiger partial charge in [-0.15, -0.1) is 0 Å². The van der Waals surface area contributed by atoms with Gasteiger partial charge in [-0.1, -0.05) is 6.92 Å². The fourth-order valence-electron chi connectivity index (χ4n) is 2.30. The van der Waals surface area contributed by atoms with E-state index in [1.165, 1.54) is 0 Å². The molecule has 0 saturated carbocycles. The lowest BCUT2D eigenvalue weighted by Crippen LogP contribution is -2.25. The number of nitrogens with one attached hydrogen (secondary N) is 1. The van der Waals surface area contributed by atoms with Crippen LogP contribution in [0.3, 0.4) is 0 Å². The van der Waals surface area contributed by atoms with Gasteiger partial charge in [0.05, 0.1) is 24.6 Å². The van der Waals surface area contributed by atoms with E-state index < -0.39 is 0 Å². The molecular weight excluding hydrogens is 256 g/mol. The SMILES string of the molecule is CCCn1c(C(=O)NCc2ccco2)cc2occc21. The molecule has 0 radical (unpaired) electrons. The van der Waals surface area contributed by atoms with Crippen LogP contribution in [0.5, 0.6) is 0 Å². The highest BCUT2D eigenvalue weighted by molar-refractivity contribution is 5.97. The Hall–Kier alpha value is -2.43. The van der Waals surface area contributed by atoms with Gasteiger partial charge in [-0.05, 0) is 18.6 Å². The van der Waals surface area contributed by atoms with Crippen molar-refractivity contribution in [2.75, 3.05) is 0 Å². The van der Waals surface area contributed by atoms with Crippen molar-refractivity contribution >= 4 is 17.0 Å². The molecule has 3 heterocycles. The summed E-state index contributed by atoms with van der Waals surface area (Å²) < 4.78 is 12.6. The normalized spacial score (nSPS) is 11.1. The Kier molecular flexibility index (Phi) is 3.33. The van der Waals surface area contributed by atoms with Gasteiger partial charge in [0.1, 0.15) is 11.5 Å². The standard InChI is InChI=1S/C15H16N2O3/c1-2-6-17-12-5-8-20-14(12)9-13(17)15(18)16-10-11-4-3-7-19-11/h3-5,7-9H,2,6,10H2,1H3,(H,16,18). The lowest BCUT2D eigenvalue weighted by Gasteiger charge is -2.08. The third-order valence-corrected chi connectivity index (χ3v) is 3.21. The molecule has 0 aliphatic heterocycles. The lowest BCUT2D eigenvalue weighted by atomic mass is 10.3. The summed E-state index contributed by atoms with van der Waals surface area (Å²) in [7, 11) is 0. The Labute approximate surface area is 116 Å². The number of hydrogen-bond acceptors (Lipinski definition) is 3. The van der Waals surface area contributed by atoms with E-state index >= 15 is 0 Å². The fourth-order valence-corrected chi connectivity index (χ4v) is 2.30. The number of hydrogen-bond donors (Lipinski definition) is 1. The Morgan fingerprint density at radius 2 is 2.20 bits per heavy atom. The van der Waals surface area contributed by atoms with Gasteiger partial charge in [-0.3, -0.25) is 4.79 Å². The molecule has 1 amide bonds. The summed E-state index contributed by atoms with van der Waals surface area (Å²) in [4.78, 5) is 12.3. The second-order valence-corrected chi connectivity index (χ2v) is 4.61. The zero-order chi connectivity index (χ0) is 13.9. The number of aromatic nitrogens is 1. The quantitative estimate of drug-likeness (QED) is 0.776. The number of carbonyl (C=O) groups excluding carboxylic acids is 1. The first-order valence-corrected chi connectivity index (χ1v) is 6.67. The molecule has 0 fully saturated rings. The van der Waals surface area contributed by atoms with Gasteiger partial charge in [0, 0.05) is 18.7 Å². The van der Waals surface area contributed by atoms with Gasteiger partial charge in [-0.2, -0.15) is 0 Å². The van der Waals surface area contributed by atoms with Crippen LogP contribution in [0, 0.1) is 0 Å². The van der Waals surface area contributed by atoms with E-state index in [0.29, 0.717) is 12.2 Å². The highest BCUT2D eigenvalue weighted by Gasteiger charge is 2.16. The van der Waals surface area contributed by atoms with E-state index in [1.54, 1.807) is 24.7 Å². The van der Waals surface area contributed by atoms with E-state index in [1.807, 2.05) is 16.7 Å². The average Bonchev–Trinajstić information content (AvgIpc) is 3.14. The molecule has 0 bridgehead atoms. The highest BCUT2D eigenvalue weighted by Crippen LogP contribution is 2.21. The van der Waals surface area contributed by atoms with Gasteiger partial charge in [0.25, 0.3) is 5.91 Å². The molecule has 20 heavy (non-hydrogen) atoms. The molecule has 0 aromatic carbocycles. The minimum atomic E-state index is -0.124. The first kappa shape index (κ1) is 12.6. The van der Waals surface area contributed by atoms with Gasteiger partial charge in [0.2, 0.25) is 0 Å². The minimum absolute atomic E-state index is 0.124. The second kappa shape index (κ2) is 5.28. The Bertz CT molecular complexity index is 707. The van der Waals surface area contributed by atoms with Crippen LogP contribution in [-0.4, -0.2) is 10.5 Å². The van der Waals surface area contributed by atoms with Crippen molar-refractivity contribution in [2.45, 2.75) is 26.4 Å². The number of carbonyl (C=O) groups is 1. The van der Waals surface area contributed by atoms with Crippen LogP contribution in [0.25, 0.3) is 11.1 Å². The van der Waals surface area contributed by atoms with Gasteiger partial charge < -0.3 is 18.7 Å². The van der Waals surface area contributed by atoms with Gasteiger partial charge in [-0.25, -0.2) is 0 Å². The minimum Gasteiger partial charge on any atom is -0.467 e. The van der Waals surface area contributed by atoms with Crippen molar-refractivity contribution in [3.8, 4) is 0 Å². The molecule has 3 rings (SSSR count). The van der Waals surface area contributed by atoms with Crippen LogP contribution in [0.4, 0.5) is 0 Å². The number of aryl methyl sites for hydroxylation is 1. The zero-order valence-electron chi connectivity index (χ0n) is 11.3. The molecule has 0 unspecified atom stereocenters. The maximum Gasteiger partial charge on any atom is 0.268 e. The third-order valence-electron chi connectivity index (χ3n) is 3.21. The summed E-state index contributed by atoms with van der Waals surface area (Å²) in [6.07, 6.45) is 4.18. The summed E-state index contributed by atoms with van der Waals surface area (Å²) in [6.45, 7) is 3.24. The summed E-state index contributed by atoms with van der Waals surface area (Å²) in [5, 5.41) is 2.86. The van der Waals surface area contributed by atoms with Crippen molar-refractivity contribution in [3.63, 3.8) is 0 Å². The Morgan fingerprint density at radius 1 is 1.30 bits per heavy atom. The van der Waals surface area contributed by atoms with E-state index in [-0.39, 0.29) is 5.91 Å². The highest BCUT2D eigenvalue weighted by atomic mass is 16.3. The fraction of sp³-hybridized carbons (Fsp3) is 0.267. The first-order chi connectivity index (χ1) is 9.79. The van der Waals surface area contributed by atoms with Crippen LogP contribution in [-0.2, 0) is 13.1 Å². The van der Waals surface area contributed by atoms with E-state index in [4.69, 9.17) is 8.83 Å². The number of furan rings is 2. The second-order valence-electron chi connectivity index (χ2n) is 4.61. The molecule has 5 heteroatoms. The summed E-state index contributed by atoms with van der Waals surface area (Å²) in [6, 6.07) is 7.29. The molecule has 5 nitrogen and oxygen atoms in total. The molecule has 3 aromatic heterocycles. The van der Waals surface area contributed by atoms with Crippen LogP contribution < -0.4 is 5.32 Å². The van der Waals surface area contributed by atoms with Crippen LogP contribution in [0.15, 0.2) is 45.6 Å². The van der Waals surface area contributed by atoms with E-state index in [9.17, 15) is 4.79 Å². The number of amides is 1. The van der Waals surface area contributed by atoms with Crippen molar-refractivity contribution in [2.24, 2.45) is 0 Å². The molecule has 0 saturated heterocycles. The van der Waals surface area contributed by atoms with Gasteiger partial charge in [0.15, 0.2) is 5.58 Å². The van der Waals surface area contributed by atoms with E-state index in [0.717, 1.165) is 29.8 Å². The summed E-state index contributed by atoms with van der Waals surface area (Å²) in [5.74, 6) is 0.608. The third kappa shape index (κ3) is 2.22. The molecule has 3 aromatic rings.